The number of hydrogen-bond donors (Lipinski definition) is 2. The fourth-order valence-electron chi connectivity index (χ4n) is 1.99. The summed E-state index contributed by atoms with van der Waals surface area (Å²) in [5.74, 6) is -0.0279. The van der Waals surface area contributed by atoms with Gasteiger partial charge < -0.3 is 10.5 Å². The minimum atomic E-state index is -0.428. The van der Waals surface area contributed by atoms with Crippen molar-refractivity contribution in [2.45, 2.75) is 13.2 Å². The van der Waals surface area contributed by atoms with E-state index in [1.807, 2.05) is 12.1 Å². The molecule has 0 radical (unpaired) electrons. The molecule has 0 aliphatic rings. The molecule has 0 amide bonds. The van der Waals surface area contributed by atoms with Gasteiger partial charge in [0.1, 0.15) is 5.84 Å². The maximum atomic E-state index is 10.9. The zero-order valence-corrected chi connectivity index (χ0v) is 11.3. The fourth-order valence-corrected chi connectivity index (χ4v) is 1.99. The summed E-state index contributed by atoms with van der Waals surface area (Å²) in [7, 11) is 0. The molecule has 0 saturated heterocycles. The van der Waals surface area contributed by atoms with Crippen LogP contribution in [0.3, 0.4) is 0 Å². The Labute approximate surface area is 121 Å². The summed E-state index contributed by atoms with van der Waals surface area (Å²) < 4.78 is 5.53. The predicted octanol–water partition coefficient (Wildman–Crippen LogP) is 2.60. The highest BCUT2D eigenvalue weighted by atomic mass is 16.6. The van der Waals surface area contributed by atoms with Crippen LogP contribution in [0, 0.1) is 15.5 Å². The molecule has 6 heteroatoms. The minimum absolute atomic E-state index is 0.0279. The summed E-state index contributed by atoms with van der Waals surface area (Å²) >= 11 is 0. The van der Waals surface area contributed by atoms with Crippen LogP contribution in [0.15, 0.2) is 48.5 Å². The van der Waals surface area contributed by atoms with Gasteiger partial charge in [0.05, 0.1) is 23.7 Å². The molecule has 0 aliphatic carbocycles. The number of nitro groups is 1. The maximum absolute atomic E-state index is 10.9. The van der Waals surface area contributed by atoms with Gasteiger partial charge in [-0.15, -0.1) is 0 Å². The van der Waals surface area contributed by atoms with E-state index in [0.29, 0.717) is 11.1 Å². The standard InChI is InChI=1S/C15H15N3O3/c16-15(17)13-7-3-1-5-11(13)9-21-10-12-6-2-4-8-14(12)18(19)20/h1-8H,9-10H2,(H3,16,17). The number of hydrogen-bond acceptors (Lipinski definition) is 4. The molecule has 2 aromatic carbocycles. The van der Waals surface area contributed by atoms with Gasteiger partial charge >= 0.3 is 0 Å². The third-order valence-electron chi connectivity index (χ3n) is 3.01. The van der Waals surface area contributed by atoms with Gasteiger partial charge in [-0.3, -0.25) is 15.5 Å². The first-order chi connectivity index (χ1) is 10.1. The van der Waals surface area contributed by atoms with E-state index < -0.39 is 4.92 Å². The summed E-state index contributed by atoms with van der Waals surface area (Å²) in [6.45, 7) is 0.366. The molecular weight excluding hydrogens is 270 g/mol. The number of rotatable bonds is 6. The molecule has 0 unspecified atom stereocenters. The Bertz CT molecular complexity index is 613. The van der Waals surface area contributed by atoms with Crippen LogP contribution < -0.4 is 5.73 Å². The molecule has 2 rings (SSSR count). The average Bonchev–Trinajstić information content (AvgIpc) is 2.48. The molecule has 0 bridgehead atoms. The third kappa shape index (κ3) is 3.64. The lowest BCUT2D eigenvalue weighted by Gasteiger charge is -2.09. The van der Waals surface area contributed by atoms with Crippen LogP contribution in [0.25, 0.3) is 0 Å². The van der Waals surface area contributed by atoms with E-state index in [1.54, 1.807) is 30.3 Å². The summed E-state index contributed by atoms with van der Waals surface area (Å²) in [5, 5.41) is 18.4. The first-order valence-corrected chi connectivity index (χ1v) is 6.32. The van der Waals surface area contributed by atoms with Crippen molar-refractivity contribution in [2.75, 3.05) is 0 Å². The van der Waals surface area contributed by atoms with Gasteiger partial charge in [-0.2, -0.15) is 0 Å². The molecule has 0 aromatic heterocycles. The summed E-state index contributed by atoms with van der Waals surface area (Å²) in [6, 6.07) is 13.6. The Morgan fingerprint density at radius 1 is 1.10 bits per heavy atom. The molecule has 2 aromatic rings. The van der Waals surface area contributed by atoms with Crippen molar-refractivity contribution in [3.05, 3.63) is 75.3 Å². The van der Waals surface area contributed by atoms with E-state index in [4.69, 9.17) is 15.9 Å². The lowest BCUT2D eigenvalue weighted by atomic mass is 10.1. The molecule has 0 saturated carbocycles. The minimum Gasteiger partial charge on any atom is -0.384 e. The van der Waals surface area contributed by atoms with E-state index in [-0.39, 0.29) is 24.7 Å². The van der Waals surface area contributed by atoms with E-state index in [1.165, 1.54) is 6.07 Å². The molecule has 108 valence electrons. The van der Waals surface area contributed by atoms with Gasteiger partial charge in [-0.05, 0) is 11.6 Å². The molecule has 0 fully saturated rings. The Hall–Kier alpha value is -2.73. The normalized spacial score (nSPS) is 10.3. The zero-order valence-electron chi connectivity index (χ0n) is 11.3. The van der Waals surface area contributed by atoms with Crippen LogP contribution in [0.5, 0.6) is 0 Å². The van der Waals surface area contributed by atoms with Gasteiger partial charge in [-0.1, -0.05) is 36.4 Å². The number of nitrogen functional groups attached to an aromatic ring is 1. The second kappa shape index (κ2) is 6.62. The second-order valence-electron chi connectivity index (χ2n) is 4.45. The average molecular weight is 285 g/mol. The lowest BCUT2D eigenvalue weighted by Crippen LogP contribution is -2.14. The second-order valence-corrected chi connectivity index (χ2v) is 4.45. The number of nitro benzene ring substituents is 1. The van der Waals surface area contributed by atoms with Gasteiger partial charge in [0.2, 0.25) is 0 Å². The Kier molecular flexibility index (Phi) is 4.63. The van der Waals surface area contributed by atoms with Crippen LogP contribution in [0.2, 0.25) is 0 Å². The molecular formula is C15H15N3O3. The molecule has 0 aliphatic heterocycles. The quantitative estimate of drug-likeness (QED) is 0.368. The number of amidine groups is 1. The van der Waals surface area contributed by atoms with Gasteiger partial charge in [0.15, 0.2) is 0 Å². The van der Waals surface area contributed by atoms with Crippen molar-refractivity contribution < 1.29 is 9.66 Å². The number of nitrogens with one attached hydrogen (secondary N) is 1. The lowest BCUT2D eigenvalue weighted by molar-refractivity contribution is -0.386. The number of ether oxygens (including phenoxy) is 1. The van der Waals surface area contributed by atoms with Crippen LogP contribution in [-0.2, 0) is 18.0 Å². The van der Waals surface area contributed by atoms with E-state index in [2.05, 4.69) is 0 Å². The van der Waals surface area contributed by atoms with E-state index in [9.17, 15) is 10.1 Å². The number of nitrogens with two attached hydrogens (primary N) is 1. The summed E-state index contributed by atoms with van der Waals surface area (Å²) in [6.07, 6.45) is 0. The first kappa shape index (κ1) is 14.7. The van der Waals surface area contributed by atoms with Crippen molar-refractivity contribution in [3.63, 3.8) is 0 Å². The van der Waals surface area contributed by atoms with Crippen molar-refractivity contribution >= 4 is 11.5 Å². The Morgan fingerprint density at radius 2 is 1.67 bits per heavy atom. The topological polar surface area (TPSA) is 102 Å². The van der Waals surface area contributed by atoms with E-state index >= 15 is 0 Å². The van der Waals surface area contributed by atoms with Crippen molar-refractivity contribution in [1.29, 1.82) is 5.41 Å². The van der Waals surface area contributed by atoms with Crippen molar-refractivity contribution in [1.82, 2.24) is 0 Å². The van der Waals surface area contributed by atoms with Gasteiger partial charge in [-0.25, -0.2) is 0 Å². The largest absolute Gasteiger partial charge is 0.384 e. The SMILES string of the molecule is N=C(N)c1ccccc1COCc1ccccc1[N+](=O)[O-]. The van der Waals surface area contributed by atoms with Crippen LogP contribution in [0.1, 0.15) is 16.7 Å². The summed E-state index contributed by atoms with van der Waals surface area (Å²) in [4.78, 5) is 10.5. The monoisotopic (exact) mass is 285 g/mol. The smallest absolute Gasteiger partial charge is 0.274 e. The van der Waals surface area contributed by atoms with Crippen molar-refractivity contribution in [2.24, 2.45) is 5.73 Å². The molecule has 21 heavy (non-hydrogen) atoms. The molecule has 0 spiro atoms. The number of nitrogens with zero attached hydrogens (tertiary/aromatic N) is 1. The first-order valence-electron chi connectivity index (χ1n) is 6.32. The molecule has 0 heterocycles. The zero-order chi connectivity index (χ0) is 15.2. The Balaban J connectivity index is 2.06. The van der Waals surface area contributed by atoms with Crippen LogP contribution >= 0.6 is 0 Å². The molecule has 3 N–H and O–H groups in total. The number of para-hydroxylation sites is 1. The van der Waals surface area contributed by atoms with Gasteiger partial charge in [0.25, 0.3) is 5.69 Å². The van der Waals surface area contributed by atoms with Crippen molar-refractivity contribution in [3.8, 4) is 0 Å². The van der Waals surface area contributed by atoms with Crippen LogP contribution in [0.4, 0.5) is 5.69 Å². The van der Waals surface area contributed by atoms with Crippen LogP contribution in [-0.4, -0.2) is 10.8 Å². The van der Waals surface area contributed by atoms with Gasteiger partial charge in [0, 0.05) is 11.6 Å². The predicted molar refractivity (Wildman–Crippen MR) is 79.0 cm³/mol. The highest BCUT2D eigenvalue weighted by molar-refractivity contribution is 5.96. The third-order valence-corrected chi connectivity index (χ3v) is 3.01. The number of benzene rings is 2. The highest BCUT2D eigenvalue weighted by Crippen LogP contribution is 2.19. The Morgan fingerprint density at radius 3 is 2.33 bits per heavy atom. The fraction of sp³-hybridized carbons (Fsp3) is 0.133. The molecule has 6 nitrogen and oxygen atoms in total. The maximum Gasteiger partial charge on any atom is 0.274 e. The van der Waals surface area contributed by atoms with E-state index in [0.717, 1.165) is 5.56 Å². The summed E-state index contributed by atoms with van der Waals surface area (Å²) in [5.41, 5.74) is 7.45. The highest BCUT2D eigenvalue weighted by Gasteiger charge is 2.12. The molecule has 0 atom stereocenters.